The molecule has 12 nitrogen and oxygen atoms in total. The first kappa shape index (κ1) is 21.2. The van der Waals surface area contributed by atoms with Crippen LogP contribution >= 0.6 is 7.67 Å². The van der Waals surface area contributed by atoms with Crippen LogP contribution in [0.25, 0.3) is 0 Å². The third-order valence-corrected chi connectivity index (χ3v) is 7.15. The van der Waals surface area contributed by atoms with Gasteiger partial charge in [-0.2, -0.15) is 16.8 Å². The summed E-state index contributed by atoms with van der Waals surface area (Å²) in [6.45, 7) is 3.43. The Kier molecular flexibility index (Phi) is 6.02. The van der Waals surface area contributed by atoms with Gasteiger partial charge in [-0.15, -0.1) is 0 Å². The van der Waals surface area contributed by atoms with Gasteiger partial charge in [0.25, 0.3) is 0 Å². The molecule has 0 aromatic rings. The molecule has 25 heavy (non-hydrogen) atoms. The molecular formula is C10H21N2O10PS2. The van der Waals surface area contributed by atoms with Gasteiger partial charge >= 0.3 is 28.5 Å². The second-order valence-corrected chi connectivity index (χ2v) is 10.6. The SMILES string of the molecule is CCOP(=O)(NC1(C)COS(=O)(=O)OC1)NC1(C)COS(=O)(=O)OC1. The summed E-state index contributed by atoms with van der Waals surface area (Å²) >= 11 is 0. The predicted molar refractivity (Wildman–Crippen MR) is 84.0 cm³/mol. The van der Waals surface area contributed by atoms with E-state index in [2.05, 4.69) is 26.9 Å². The van der Waals surface area contributed by atoms with Crippen molar-refractivity contribution in [3.63, 3.8) is 0 Å². The first-order chi connectivity index (χ1) is 11.3. The summed E-state index contributed by atoms with van der Waals surface area (Å²) in [6, 6.07) is 0. The monoisotopic (exact) mass is 424 g/mol. The summed E-state index contributed by atoms with van der Waals surface area (Å²) in [4.78, 5) is 0. The maximum atomic E-state index is 13.1. The molecule has 2 heterocycles. The molecule has 0 spiro atoms. The van der Waals surface area contributed by atoms with Crippen molar-refractivity contribution in [2.75, 3.05) is 33.0 Å². The van der Waals surface area contributed by atoms with Gasteiger partial charge in [-0.05, 0) is 20.8 Å². The number of hydrogen-bond donors (Lipinski definition) is 2. The van der Waals surface area contributed by atoms with Gasteiger partial charge in [0, 0.05) is 0 Å². The molecule has 0 bridgehead atoms. The fourth-order valence-corrected chi connectivity index (χ4v) is 6.06. The van der Waals surface area contributed by atoms with Crippen molar-refractivity contribution < 1.29 is 42.7 Å². The van der Waals surface area contributed by atoms with Gasteiger partial charge in [0.15, 0.2) is 0 Å². The lowest BCUT2D eigenvalue weighted by Gasteiger charge is -2.40. The highest BCUT2D eigenvalue weighted by atomic mass is 32.3. The molecule has 2 aliphatic heterocycles. The smallest absolute Gasteiger partial charge is 0.306 e. The van der Waals surface area contributed by atoms with E-state index >= 15 is 0 Å². The summed E-state index contributed by atoms with van der Waals surface area (Å²) < 4.78 is 81.5. The number of hydrogen-bond acceptors (Lipinski definition) is 10. The summed E-state index contributed by atoms with van der Waals surface area (Å²) in [7, 11) is -11.9. The van der Waals surface area contributed by atoms with Crippen molar-refractivity contribution in [2.24, 2.45) is 0 Å². The molecule has 0 aromatic carbocycles. The van der Waals surface area contributed by atoms with Crippen molar-refractivity contribution in [3.05, 3.63) is 0 Å². The Balaban J connectivity index is 2.11. The Morgan fingerprint density at radius 3 is 1.48 bits per heavy atom. The average Bonchev–Trinajstić information content (AvgIpc) is 2.47. The highest BCUT2D eigenvalue weighted by Gasteiger charge is 2.46. The quantitative estimate of drug-likeness (QED) is 0.523. The third kappa shape index (κ3) is 5.92. The van der Waals surface area contributed by atoms with Crippen molar-refractivity contribution in [2.45, 2.75) is 31.8 Å². The molecule has 2 rings (SSSR count). The largest absolute Gasteiger partial charge is 0.399 e. The Hall–Kier alpha value is -0.150. The van der Waals surface area contributed by atoms with Crippen LogP contribution < -0.4 is 10.2 Å². The molecule has 0 aromatic heterocycles. The zero-order chi connectivity index (χ0) is 19.0. The van der Waals surface area contributed by atoms with E-state index < -0.39 is 39.5 Å². The van der Waals surface area contributed by atoms with E-state index in [-0.39, 0.29) is 33.0 Å². The Labute approximate surface area is 146 Å². The Morgan fingerprint density at radius 1 is 0.880 bits per heavy atom. The third-order valence-electron chi connectivity index (χ3n) is 3.23. The van der Waals surface area contributed by atoms with Crippen LogP contribution in [0.3, 0.4) is 0 Å². The van der Waals surface area contributed by atoms with Crippen LogP contribution in [-0.2, 0) is 46.6 Å². The van der Waals surface area contributed by atoms with Crippen molar-refractivity contribution in [1.29, 1.82) is 0 Å². The molecule has 0 radical (unpaired) electrons. The molecule has 2 fully saturated rings. The molecule has 2 aliphatic rings. The van der Waals surface area contributed by atoms with Crippen LogP contribution in [-0.4, -0.2) is 60.9 Å². The molecule has 0 aliphatic carbocycles. The fourth-order valence-electron chi connectivity index (χ4n) is 2.07. The predicted octanol–water partition coefficient (Wildman–Crippen LogP) is -0.589. The van der Waals surface area contributed by atoms with Gasteiger partial charge in [-0.3, -0.25) is 4.57 Å². The first-order valence-electron chi connectivity index (χ1n) is 7.21. The minimum Gasteiger partial charge on any atom is -0.306 e. The number of rotatable bonds is 6. The van der Waals surface area contributed by atoms with Crippen LogP contribution in [0.5, 0.6) is 0 Å². The van der Waals surface area contributed by atoms with E-state index in [0.29, 0.717) is 0 Å². The molecule has 0 atom stereocenters. The van der Waals surface area contributed by atoms with Crippen molar-refractivity contribution in [3.8, 4) is 0 Å². The van der Waals surface area contributed by atoms with Gasteiger partial charge in [0.1, 0.15) is 0 Å². The van der Waals surface area contributed by atoms with Crippen LogP contribution in [0.1, 0.15) is 20.8 Å². The van der Waals surface area contributed by atoms with E-state index in [1.54, 1.807) is 6.92 Å². The number of nitrogens with one attached hydrogen (secondary N) is 2. The normalized spacial score (nSPS) is 27.6. The minimum atomic E-state index is -4.07. The fraction of sp³-hybridized carbons (Fsp3) is 1.00. The van der Waals surface area contributed by atoms with Crippen LogP contribution in [0.15, 0.2) is 0 Å². The summed E-state index contributed by atoms with van der Waals surface area (Å²) in [6.07, 6.45) is 0. The van der Waals surface area contributed by atoms with Crippen molar-refractivity contribution in [1.82, 2.24) is 10.2 Å². The van der Waals surface area contributed by atoms with Gasteiger partial charge < -0.3 is 4.52 Å². The first-order valence-corrected chi connectivity index (χ1v) is 11.5. The van der Waals surface area contributed by atoms with Crippen LogP contribution in [0.4, 0.5) is 0 Å². The maximum absolute atomic E-state index is 13.1. The minimum absolute atomic E-state index is 0.0590. The topological polar surface area (TPSA) is 156 Å². The lowest BCUT2D eigenvalue weighted by atomic mass is 10.1. The molecule has 2 N–H and O–H groups in total. The van der Waals surface area contributed by atoms with Crippen LogP contribution in [0, 0.1) is 0 Å². The maximum Gasteiger partial charge on any atom is 0.399 e. The standard InChI is InChI=1S/C10H21N2O10PS2/c1-4-18-23(13,11-9(2)5-19-24(14,15)20-6-9)12-10(3)7-21-25(16,17)22-8-10/h4-8H2,1-3H3,(H2,11,12,13). The van der Waals surface area contributed by atoms with Gasteiger partial charge in [-0.1, -0.05) is 0 Å². The average molecular weight is 424 g/mol. The summed E-state index contributed by atoms with van der Waals surface area (Å²) in [5, 5.41) is 5.38. The second-order valence-electron chi connectivity index (χ2n) is 6.18. The molecule has 0 saturated carbocycles. The van der Waals surface area contributed by atoms with Crippen molar-refractivity contribution >= 4 is 28.5 Å². The van der Waals surface area contributed by atoms with E-state index in [0.717, 1.165) is 0 Å². The van der Waals surface area contributed by atoms with Gasteiger partial charge in [0.2, 0.25) is 0 Å². The highest BCUT2D eigenvalue weighted by molar-refractivity contribution is 7.82. The molecule has 2 saturated heterocycles. The summed E-state index contributed by atoms with van der Waals surface area (Å²) in [5.41, 5.74) is -2.27. The molecule has 148 valence electrons. The van der Waals surface area contributed by atoms with E-state index in [1.165, 1.54) is 13.8 Å². The Morgan fingerprint density at radius 2 is 1.20 bits per heavy atom. The van der Waals surface area contributed by atoms with E-state index in [1.807, 2.05) is 0 Å². The zero-order valence-corrected chi connectivity index (χ0v) is 16.4. The van der Waals surface area contributed by atoms with Crippen LogP contribution in [0.2, 0.25) is 0 Å². The molecule has 0 amide bonds. The highest BCUT2D eigenvalue weighted by Crippen LogP contribution is 2.44. The lowest BCUT2D eigenvalue weighted by Crippen LogP contribution is -2.58. The summed E-state index contributed by atoms with van der Waals surface area (Å²) in [5.74, 6) is 0. The van der Waals surface area contributed by atoms with E-state index in [9.17, 15) is 21.4 Å². The van der Waals surface area contributed by atoms with E-state index in [4.69, 9.17) is 4.52 Å². The second kappa shape index (κ2) is 7.11. The molecule has 0 unspecified atom stereocenters. The van der Waals surface area contributed by atoms with Gasteiger partial charge in [0.05, 0.1) is 44.1 Å². The van der Waals surface area contributed by atoms with Gasteiger partial charge in [-0.25, -0.2) is 26.9 Å². The molecular weight excluding hydrogens is 403 g/mol. The lowest BCUT2D eigenvalue weighted by molar-refractivity contribution is 0.0674. The zero-order valence-electron chi connectivity index (χ0n) is 13.9. The molecule has 15 heteroatoms. The Bertz CT molecular complexity index is 666.